The normalized spacial score (nSPS) is 11.7. The van der Waals surface area contributed by atoms with Gasteiger partial charge >= 0.3 is 5.97 Å². The van der Waals surface area contributed by atoms with Gasteiger partial charge < -0.3 is 18.8 Å². The Labute approximate surface area is 192 Å². The van der Waals surface area contributed by atoms with Crippen molar-refractivity contribution in [2.24, 2.45) is 0 Å². The number of ether oxygens (including phenoxy) is 1. The molecule has 2 aromatic heterocycles. The highest BCUT2D eigenvalue weighted by molar-refractivity contribution is 5.81. The van der Waals surface area contributed by atoms with Gasteiger partial charge in [-0.25, -0.2) is 9.78 Å². The smallest absolute Gasteiger partial charge is 0.347 e. The van der Waals surface area contributed by atoms with Gasteiger partial charge in [0.25, 0.3) is 0 Å². The monoisotopic (exact) mass is 448 g/mol. The molecule has 0 spiro atoms. The van der Waals surface area contributed by atoms with E-state index in [4.69, 9.17) is 18.7 Å². The Morgan fingerprint density at radius 3 is 2.55 bits per heavy atom. The summed E-state index contributed by atoms with van der Waals surface area (Å²) in [5.41, 5.74) is 1.95. The third-order valence-corrected chi connectivity index (χ3v) is 5.56. The fourth-order valence-electron chi connectivity index (χ4n) is 3.60. The van der Waals surface area contributed by atoms with E-state index in [1.54, 1.807) is 12.1 Å². The zero-order valence-electron chi connectivity index (χ0n) is 19.1. The van der Waals surface area contributed by atoms with E-state index in [2.05, 4.69) is 12.1 Å². The van der Waals surface area contributed by atoms with Crippen LogP contribution >= 0.6 is 0 Å². The van der Waals surface area contributed by atoms with E-state index < -0.39 is 11.6 Å². The standard InChI is InChI=1S/C26H28N2O5/c1-4-5-11-22-21(27-24(31-22)17-9-7-6-8-10-17)15-14-20-19-13-12-18(16-23(19)33-28-20)32-26(2,3)25(29)30/h6-10,12-13,16H,4-5,11,14-15H2,1-3H3,(H,29,30). The topological polar surface area (TPSA) is 98.6 Å². The number of fused-ring (bicyclic) bond motifs is 1. The molecule has 7 nitrogen and oxygen atoms in total. The molecule has 172 valence electrons. The molecule has 0 radical (unpaired) electrons. The van der Waals surface area contributed by atoms with Gasteiger partial charge in [-0.2, -0.15) is 0 Å². The van der Waals surface area contributed by atoms with Gasteiger partial charge in [0.1, 0.15) is 11.5 Å². The van der Waals surface area contributed by atoms with Crippen LogP contribution in [-0.4, -0.2) is 26.8 Å². The van der Waals surface area contributed by atoms with Crippen molar-refractivity contribution in [1.29, 1.82) is 0 Å². The van der Waals surface area contributed by atoms with Crippen molar-refractivity contribution in [3.8, 4) is 17.2 Å². The predicted octanol–water partition coefficient (Wildman–Crippen LogP) is 5.85. The molecule has 0 amide bonds. The first-order valence-corrected chi connectivity index (χ1v) is 11.2. The van der Waals surface area contributed by atoms with Crippen LogP contribution in [0.15, 0.2) is 57.5 Å². The lowest BCUT2D eigenvalue weighted by atomic mass is 10.1. The van der Waals surface area contributed by atoms with Gasteiger partial charge in [0, 0.05) is 23.4 Å². The molecule has 0 unspecified atom stereocenters. The van der Waals surface area contributed by atoms with E-state index in [1.165, 1.54) is 13.8 Å². The van der Waals surface area contributed by atoms with Crippen LogP contribution in [0.5, 0.6) is 5.75 Å². The fourth-order valence-corrected chi connectivity index (χ4v) is 3.60. The van der Waals surface area contributed by atoms with Gasteiger partial charge in [-0.3, -0.25) is 0 Å². The number of carbonyl (C=O) groups is 1. The molecular formula is C26H28N2O5. The van der Waals surface area contributed by atoms with Crippen molar-refractivity contribution in [1.82, 2.24) is 10.1 Å². The van der Waals surface area contributed by atoms with Crippen LogP contribution in [0.1, 0.15) is 50.8 Å². The Bertz CT molecular complexity index is 1240. The van der Waals surface area contributed by atoms with Crippen molar-refractivity contribution < 1.29 is 23.6 Å². The molecule has 0 aliphatic carbocycles. The van der Waals surface area contributed by atoms with Crippen LogP contribution in [0.2, 0.25) is 0 Å². The number of benzene rings is 2. The van der Waals surface area contributed by atoms with Gasteiger partial charge in [0.05, 0.1) is 11.4 Å². The minimum absolute atomic E-state index is 0.420. The van der Waals surface area contributed by atoms with E-state index in [0.717, 1.165) is 47.4 Å². The highest BCUT2D eigenvalue weighted by Gasteiger charge is 2.29. The van der Waals surface area contributed by atoms with Gasteiger partial charge in [-0.15, -0.1) is 0 Å². The summed E-state index contributed by atoms with van der Waals surface area (Å²) in [4.78, 5) is 16.1. The van der Waals surface area contributed by atoms with E-state index in [9.17, 15) is 9.90 Å². The number of hydrogen-bond acceptors (Lipinski definition) is 6. The maximum atomic E-state index is 11.3. The molecule has 4 aromatic rings. The van der Waals surface area contributed by atoms with Crippen molar-refractivity contribution in [3.05, 3.63) is 65.7 Å². The van der Waals surface area contributed by atoms with Crippen LogP contribution in [0.4, 0.5) is 0 Å². The maximum Gasteiger partial charge on any atom is 0.347 e. The van der Waals surface area contributed by atoms with Crippen LogP contribution in [-0.2, 0) is 24.1 Å². The summed E-state index contributed by atoms with van der Waals surface area (Å²) in [6.45, 7) is 5.16. The number of carboxylic acid groups (broad SMARTS) is 1. The zero-order chi connectivity index (χ0) is 23.4. The number of nitrogens with zero attached hydrogens (tertiary/aromatic N) is 2. The molecule has 0 bridgehead atoms. The lowest BCUT2D eigenvalue weighted by Gasteiger charge is -2.21. The number of unbranched alkanes of at least 4 members (excludes halogenated alkanes) is 1. The molecule has 1 N–H and O–H groups in total. The van der Waals surface area contributed by atoms with Crippen LogP contribution < -0.4 is 4.74 Å². The Balaban J connectivity index is 1.53. The van der Waals surface area contributed by atoms with Gasteiger partial charge in [-0.1, -0.05) is 36.7 Å². The second-order valence-corrected chi connectivity index (χ2v) is 8.56. The quantitative estimate of drug-likeness (QED) is 0.325. The maximum absolute atomic E-state index is 11.3. The zero-order valence-corrected chi connectivity index (χ0v) is 19.1. The molecule has 7 heteroatoms. The van der Waals surface area contributed by atoms with Gasteiger partial charge in [-0.05, 0) is 57.4 Å². The van der Waals surface area contributed by atoms with E-state index >= 15 is 0 Å². The van der Waals surface area contributed by atoms with Crippen molar-refractivity contribution in [2.75, 3.05) is 0 Å². The first-order valence-electron chi connectivity index (χ1n) is 11.2. The molecular weight excluding hydrogens is 420 g/mol. The number of aromatic nitrogens is 2. The molecule has 2 heterocycles. The highest BCUT2D eigenvalue weighted by atomic mass is 16.5. The minimum Gasteiger partial charge on any atom is -0.478 e. The molecule has 4 rings (SSSR count). The van der Waals surface area contributed by atoms with Crippen molar-refractivity contribution in [2.45, 2.75) is 58.5 Å². The Kier molecular flexibility index (Phi) is 6.49. The molecule has 0 saturated heterocycles. The first kappa shape index (κ1) is 22.6. The second-order valence-electron chi connectivity index (χ2n) is 8.56. The summed E-state index contributed by atoms with van der Waals surface area (Å²) >= 11 is 0. The highest BCUT2D eigenvalue weighted by Crippen LogP contribution is 2.28. The van der Waals surface area contributed by atoms with Crippen molar-refractivity contribution >= 4 is 16.9 Å². The average Bonchev–Trinajstić information content (AvgIpc) is 3.40. The van der Waals surface area contributed by atoms with E-state index in [1.807, 2.05) is 36.4 Å². The van der Waals surface area contributed by atoms with Crippen LogP contribution in [0.3, 0.4) is 0 Å². The molecule has 0 fully saturated rings. The van der Waals surface area contributed by atoms with Crippen molar-refractivity contribution in [3.63, 3.8) is 0 Å². The molecule has 2 aromatic carbocycles. The first-order chi connectivity index (χ1) is 15.9. The van der Waals surface area contributed by atoms with Gasteiger partial charge in [0.2, 0.25) is 5.89 Å². The van der Waals surface area contributed by atoms with Crippen LogP contribution in [0, 0.1) is 0 Å². The lowest BCUT2D eigenvalue weighted by molar-refractivity contribution is -0.152. The molecule has 0 saturated carbocycles. The fraction of sp³-hybridized carbons (Fsp3) is 0.346. The summed E-state index contributed by atoms with van der Waals surface area (Å²) in [5, 5.41) is 14.4. The predicted molar refractivity (Wildman–Crippen MR) is 124 cm³/mol. The number of carboxylic acids is 1. The molecule has 0 aliphatic heterocycles. The summed E-state index contributed by atoms with van der Waals surface area (Å²) in [6.07, 6.45) is 4.30. The Hall–Kier alpha value is -3.61. The summed E-state index contributed by atoms with van der Waals surface area (Å²) in [6, 6.07) is 15.2. The number of aliphatic carboxylic acids is 1. The minimum atomic E-state index is -1.34. The average molecular weight is 449 g/mol. The van der Waals surface area contributed by atoms with Gasteiger partial charge in [0.15, 0.2) is 11.2 Å². The Morgan fingerprint density at radius 1 is 1.06 bits per heavy atom. The largest absolute Gasteiger partial charge is 0.478 e. The number of rotatable bonds is 10. The molecule has 33 heavy (non-hydrogen) atoms. The molecule has 0 atom stereocenters. The summed E-state index contributed by atoms with van der Waals surface area (Å²) in [5.74, 6) is 0.949. The SMILES string of the molecule is CCCCc1oc(-c2ccccc2)nc1CCc1noc2cc(OC(C)(C)C(=O)O)ccc12. The number of aryl methyl sites for hydroxylation is 3. The third-order valence-electron chi connectivity index (χ3n) is 5.56. The summed E-state index contributed by atoms with van der Waals surface area (Å²) in [7, 11) is 0. The van der Waals surface area contributed by atoms with E-state index in [0.29, 0.717) is 30.1 Å². The second kappa shape index (κ2) is 9.48. The summed E-state index contributed by atoms with van der Waals surface area (Å²) < 4.78 is 17.2. The van der Waals surface area contributed by atoms with E-state index in [-0.39, 0.29) is 0 Å². The number of oxazole rings is 1. The lowest BCUT2D eigenvalue weighted by Crippen LogP contribution is -2.37. The molecule has 0 aliphatic rings. The third kappa shape index (κ3) is 5.08. The Morgan fingerprint density at radius 2 is 1.82 bits per heavy atom. The number of hydrogen-bond donors (Lipinski definition) is 1. The van der Waals surface area contributed by atoms with Crippen LogP contribution in [0.25, 0.3) is 22.4 Å².